The average Bonchev–Trinajstić information content (AvgIpc) is 2.50. The number of rotatable bonds is 4. The molecular weight excluding hydrogens is 335 g/mol. The van der Waals surface area contributed by atoms with Crippen molar-refractivity contribution >= 4 is 29.9 Å². The second-order valence-corrected chi connectivity index (χ2v) is 6.56. The maximum Gasteiger partial charge on any atom is 0.263 e. The van der Waals surface area contributed by atoms with E-state index in [2.05, 4.69) is 0 Å². The van der Waals surface area contributed by atoms with Gasteiger partial charge in [0.15, 0.2) is 6.10 Å². The van der Waals surface area contributed by atoms with Gasteiger partial charge in [0.1, 0.15) is 5.75 Å². The predicted molar refractivity (Wildman–Crippen MR) is 96.5 cm³/mol. The smallest absolute Gasteiger partial charge is 0.263 e. The molecule has 1 fully saturated rings. The van der Waals surface area contributed by atoms with E-state index in [0.29, 0.717) is 10.8 Å². The molecule has 3 atom stereocenters. The van der Waals surface area contributed by atoms with Crippen molar-refractivity contribution in [2.75, 3.05) is 6.54 Å². The summed E-state index contributed by atoms with van der Waals surface area (Å²) in [6.45, 7) is 6.44. The number of amides is 1. The van der Waals surface area contributed by atoms with Crippen molar-refractivity contribution in [1.82, 2.24) is 4.90 Å². The molecule has 130 valence electrons. The van der Waals surface area contributed by atoms with Crippen LogP contribution in [-0.4, -0.2) is 35.5 Å². The molecule has 0 aliphatic carbocycles. The van der Waals surface area contributed by atoms with Gasteiger partial charge in [-0.25, -0.2) is 0 Å². The molecule has 1 aliphatic rings. The summed E-state index contributed by atoms with van der Waals surface area (Å²) in [6, 6.07) is 5.62. The lowest BCUT2D eigenvalue weighted by Gasteiger charge is -2.39. The second kappa shape index (κ2) is 8.76. The highest BCUT2D eigenvalue weighted by Crippen LogP contribution is 2.27. The number of hydrogen-bond donors (Lipinski definition) is 1. The van der Waals surface area contributed by atoms with Crippen LogP contribution in [0.25, 0.3) is 0 Å². The minimum atomic E-state index is -0.571. The Morgan fingerprint density at radius 2 is 2.09 bits per heavy atom. The van der Waals surface area contributed by atoms with E-state index in [9.17, 15) is 4.79 Å². The SMILES string of the molecule is Cc1ccc(Cl)c(OC(C)C(=O)N2CCCCC2C(C)N)c1.Cl. The lowest BCUT2D eigenvalue weighted by molar-refractivity contribution is -0.142. The quantitative estimate of drug-likeness (QED) is 0.892. The van der Waals surface area contributed by atoms with Crippen molar-refractivity contribution in [3.05, 3.63) is 28.8 Å². The molecule has 1 aromatic carbocycles. The first kappa shape index (κ1) is 20.1. The highest BCUT2D eigenvalue weighted by Gasteiger charge is 2.32. The van der Waals surface area contributed by atoms with E-state index in [0.717, 1.165) is 31.4 Å². The number of carbonyl (C=O) groups excluding carboxylic acids is 1. The minimum absolute atomic E-state index is 0. The van der Waals surface area contributed by atoms with Crippen molar-refractivity contribution in [1.29, 1.82) is 0 Å². The van der Waals surface area contributed by atoms with Crippen molar-refractivity contribution in [3.63, 3.8) is 0 Å². The van der Waals surface area contributed by atoms with Crippen molar-refractivity contribution in [2.45, 2.75) is 58.2 Å². The molecule has 0 radical (unpaired) electrons. The fraction of sp³-hybridized carbons (Fsp3) is 0.588. The largest absolute Gasteiger partial charge is 0.479 e. The van der Waals surface area contributed by atoms with Gasteiger partial charge in [-0.15, -0.1) is 12.4 Å². The van der Waals surface area contributed by atoms with E-state index < -0.39 is 6.10 Å². The Balaban J connectivity index is 0.00000264. The Morgan fingerprint density at radius 3 is 2.74 bits per heavy atom. The molecule has 1 amide bonds. The van der Waals surface area contributed by atoms with Gasteiger partial charge < -0.3 is 15.4 Å². The molecule has 4 nitrogen and oxygen atoms in total. The van der Waals surface area contributed by atoms with Crippen molar-refractivity contribution in [2.24, 2.45) is 5.73 Å². The summed E-state index contributed by atoms with van der Waals surface area (Å²) in [5.74, 6) is 0.538. The van der Waals surface area contributed by atoms with Crippen LogP contribution >= 0.6 is 24.0 Å². The number of carbonyl (C=O) groups is 1. The number of likely N-dealkylation sites (tertiary alicyclic amines) is 1. The van der Waals surface area contributed by atoms with Gasteiger partial charge in [0.05, 0.1) is 5.02 Å². The summed E-state index contributed by atoms with van der Waals surface area (Å²) in [5, 5.41) is 0.521. The van der Waals surface area contributed by atoms with Crippen LogP contribution in [0.4, 0.5) is 0 Å². The highest BCUT2D eigenvalue weighted by atomic mass is 35.5. The van der Waals surface area contributed by atoms with E-state index in [4.69, 9.17) is 22.1 Å². The summed E-state index contributed by atoms with van der Waals surface area (Å²) in [5.41, 5.74) is 7.08. The van der Waals surface area contributed by atoms with Crippen molar-refractivity contribution < 1.29 is 9.53 Å². The van der Waals surface area contributed by atoms with E-state index in [1.807, 2.05) is 30.9 Å². The van der Waals surface area contributed by atoms with Crippen LogP contribution in [0.1, 0.15) is 38.7 Å². The van der Waals surface area contributed by atoms with E-state index in [1.54, 1.807) is 13.0 Å². The number of hydrogen-bond acceptors (Lipinski definition) is 3. The molecule has 2 rings (SSSR count). The lowest BCUT2D eigenvalue weighted by atomic mass is 9.96. The van der Waals surface area contributed by atoms with Crippen LogP contribution in [0, 0.1) is 6.92 Å². The number of nitrogens with zero attached hydrogens (tertiary/aromatic N) is 1. The molecule has 1 saturated heterocycles. The number of nitrogens with two attached hydrogens (primary N) is 1. The number of benzene rings is 1. The maximum atomic E-state index is 12.7. The monoisotopic (exact) mass is 360 g/mol. The van der Waals surface area contributed by atoms with Gasteiger partial charge in [-0.2, -0.15) is 0 Å². The lowest BCUT2D eigenvalue weighted by Crippen LogP contribution is -2.54. The van der Waals surface area contributed by atoms with Gasteiger partial charge in [0.2, 0.25) is 0 Å². The van der Waals surface area contributed by atoms with Crippen LogP contribution < -0.4 is 10.5 Å². The molecular formula is C17H26Cl2N2O2. The molecule has 1 aliphatic heterocycles. The van der Waals surface area contributed by atoms with Gasteiger partial charge in [-0.1, -0.05) is 17.7 Å². The summed E-state index contributed by atoms with van der Waals surface area (Å²) >= 11 is 6.14. The molecule has 3 unspecified atom stereocenters. The zero-order chi connectivity index (χ0) is 16.3. The van der Waals surface area contributed by atoms with Gasteiger partial charge in [0.25, 0.3) is 5.91 Å². The first-order valence-corrected chi connectivity index (χ1v) is 8.27. The Labute approximate surface area is 149 Å². The number of halogens is 2. The molecule has 23 heavy (non-hydrogen) atoms. The standard InChI is InChI=1S/C17H25ClN2O2.ClH/c1-11-7-8-14(18)16(10-11)22-13(3)17(21)20-9-5-4-6-15(20)12(2)19;/h7-8,10,12-13,15H,4-6,9,19H2,1-3H3;1H. The molecule has 0 aromatic heterocycles. The third kappa shape index (κ3) is 5.00. The summed E-state index contributed by atoms with van der Waals surface area (Å²) in [7, 11) is 0. The van der Waals surface area contributed by atoms with Crippen LogP contribution in [0.3, 0.4) is 0 Å². The third-order valence-electron chi connectivity index (χ3n) is 4.18. The van der Waals surface area contributed by atoms with Crippen LogP contribution in [0.5, 0.6) is 5.75 Å². The number of piperidine rings is 1. The highest BCUT2D eigenvalue weighted by molar-refractivity contribution is 6.32. The first-order valence-electron chi connectivity index (χ1n) is 7.89. The van der Waals surface area contributed by atoms with Gasteiger partial charge in [0, 0.05) is 18.6 Å². The van der Waals surface area contributed by atoms with Gasteiger partial charge in [-0.3, -0.25) is 4.79 Å². The molecule has 0 bridgehead atoms. The number of ether oxygens (including phenoxy) is 1. The van der Waals surface area contributed by atoms with E-state index in [-0.39, 0.29) is 30.4 Å². The summed E-state index contributed by atoms with van der Waals surface area (Å²) < 4.78 is 5.81. The molecule has 6 heteroatoms. The van der Waals surface area contributed by atoms with E-state index >= 15 is 0 Å². The zero-order valence-corrected chi connectivity index (χ0v) is 15.5. The predicted octanol–water partition coefficient (Wildman–Crippen LogP) is 3.57. The Morgan fingerprint density at radius 1 is 1.39 bits per heavy atom. The van der Waals surface area contributed by atoms with Crippen LogP contribution in [0.15, 0.2) is 18.2 Å². The molecule has 2 N–H and O–H groups in total. The Hall–Kier alpha value is -0.970. The molecule has 0 saturated carbocycles. The second-order valence-electron chi connectivity index (χ2n) is 6.15. The van der Waals surface area contributed by atoms with Crippen molar-refractivity contribution in [3.8, 4) is 5.75 Å². The molecule has 1 heterocycles. The Bertz CT molecular complexity index is 537. The zero-order valence-electron chi connectivity index (χ0n) is 13.9. The Kier molecular flexibility index (Phi) is 7.65. The summed E-state index contributed by atoms with van der Waals surface area (Å²) in [6.07, 6.45) is 2.53. The fourth-order valence-electron chi connectivity index (χ4n) is 2.95. The molecule has 0 spiro atoms. The first-order chi connectivity index (χ1) is 10.4. The normalized spacial score (nSPS) is 20.4. The molecule has 1 aromatic rings. The van der Waals surface area contributed by atoms with E-state index in [1.165, 1.54) is 0 Å². The van der Waals surface area contributed by atoms with Gasteiger partial charge >= 0.3 is 0 Å². The topological polar surface area (TPSA) is 55.6 Å². The fourth-order valence-corrected chi connectivity index (χ4v) is 3.12. The minimum Gasteiger partial charge on any atom is -0.479 e. The number of aryl methyl sites for hydroxylation is 1. The summed E-state index contributed by atoms with van der Waals surface area (Å²) in [4.78, 5) is 14.6. The van der Waals surface area contributed by atoms with Gasteiger partial charge in [-0.05, 0) is 57.7 Å². The van der Waals surface area contributed by atoms with Crippen LogP contribution in [-0.2, 0) is 4.79 Å². The average molecular weight is 361 g/mol. The third-order valence-corrected chi connectivity index (χ3v) is 4.49. The van der Waals surface area contributed by atoms with Crippen LogP contribution in [0.2, 0.25) is 5.02 Å². The maximum absolute atomic E-state index is 12.7.